The molecule has 0 bridgehead atoms. The van der Waals surface area contributed by atoms with Crippen LogP contribution in [0.1, 0.15) is 24.0 Å². The summed E-state index contributed by atoms with van der Waals surface area (Å²) in [5.41, 5.74) is 2.90. The lowest BCUT2D eigenvalue weighted by Crippen LogP contribution is -2.16. The van der Waals surface area contributed by atoms with E-state index in [0.29, 0.717) is 5.69 Å². The number of benzene rings is 2. The van der Waals surface area contributed by atoms with Gasteiger partial charge in [-0.1, -0.05) is 24.3 Å². The number of nitrogens with one attached hydrogen (secondary N) is 1. The largest absolute Gasteiger partial charge is 0.507 e. The monoisotopic (exact) mass is 303 g/mol. The minimum absolute atomic E-state index is 0.0987. The average molecular weight is 303 g/mol. The van der Waals surface area contributed by atoms with Gasteiger partial charge >= 0.3 is 0 Å². The molecule has 5 heteroatoms. The number of aryl methyl sites for hydroxylation is 1. The second kappa shape index (κ2) is 5.41. The van der Waals surface area contributed by atoms with Crippen LogP contribution < -0.4 is 4.72 Å². The van der Waals surface area contributed by atoms with E-state index in [0.717, 1.165) is 31.2 Å². The van der Waals surface area contributed by atoms with Crippen molar-refractivity contribution in [1.82, 2.24) is 0 Å². The van der Waals surface area contributed by atoms with Gasteiger partial charge in [-0.3, -0.25) is 4.72 Å². The molecular weight excluding hydrogens is 286 g/mol. The first-order valence-electron chi connectivity index (χ1n) is 6.99. The van der Waals surface area contributed by atoms with Crippen LogP contribution in [0.15, 0.2) is 47.4 Å². The van der Waals surface area contributed by atoms with E-state index in [2.05, 4.69) is 4.72 Å². The first kappa shape index (κ1) is 13.9. The molecule has 21 heavy (non-hydrogen) atoms. The third kappa shape index (κ3) is 2.74. The Labute approximate surface area is 124 Å². The Bertz CT molecular complexity index is 769. The van der Waals surface area contributed by atoms with Gasteiger partial charge in [-0.25, -0.2) is 8.42 Å². The topological polar surface area (TPSA) is 66.4 Å². The highest BCUT2D eigenvalue weighted by Crippen LogP contribution is 2.30. The minimum atomic E-state index is -3.78. The number of rotatable bonds is 3. The predicted octanol–water partition coefficient (Wildman–Crippen LogP) is 3.07. The Kier molecular flexibility index (Phi) is 3.59. The molecule has 2 N–H and O–H groups in total. The average Bonchev–Trinajstić information content (AvgIpc) is 2.47. The Hall–Kier alpha value is -2.01. The van der Waals surface area contributed by atoms with Crippen molar-refractivity contribution < 1.29 is 13.5 Å². The SMILES string of the molecule is O=S(=O)(Nc1cccc2c1CCCC2)c1ccccc1O. The lowest BCUT2D eigenvalue weighted by molar-refractivity contribution is 0.459. The summed E-state index contributed by atoms with van der Waals surface area (Å²) in [6.07, 6.45) is 4.08. The van der Waals surface area contributed by atoms with Gasteiger partial charge < -0.3 is 5.11 Å². The first-order valence-corrected chi connectivity index (χ1v) is 8.48. The molecule has 3 rings (SSSR count). The van der Waals surface area contributed by atoms with Crippen molar-refractivity contribution >= 4 is 15.7 Å². The van der Waals surface area contributed by atoms with Crippen molar-refractivity contribution in [2.24, 2.45) is 0 Å². The van der Waals surface area contributed by atoms with Gasteiger partial charge in [0, 0.05) is 0 Å². The summed E-state index contributed by atoms with van der Waals surface area (Å²) < 4.78 is 27.5. The molecule has 2 aromatic rings. The van der Waals surface area contributed by atoms with Crippen molar-refractivity contribution in [1.29, 1.82) is 0 Å². The third-order valence-corrected chi connectivity index (χ3v) is 5.21. The molecule has 0 spiro atoms. The normalized spacial score (nSPS) is 14.5. The van der Waals surface area contributed by atoms with Crippen LogP contribution in [0.3, 0.4) is 0 Å². The van der Waals surface area contributed by atoms with Crippen LogP contribution in [0.2, 0.25) is 0 Å². The highest BCUT2D eigenvalue weighted by atomic mass is 32.2. The number of anilines is 1. The number of phenols is 1. The van der Waals surface area contributed by atoms with Gasteiger partial charge in [-0.2, -0.15) is 0 Å². The van der Waals surface area contributed by atoms with Gasteiger partial charge in [0.15, 0.2) is 0 Å². The molecule has 1 aliphatic carbocycles. The maximum absolute atomic E-state index is 12.4. The van der Waals surface area contributed by atoms with E-state index in [9.17, 15) is 13.5 Å². The number of hydrogen-bond donors (Lipinski definition) is 2. The van der Waals surface area contributed by atoms with Crippen LogP contribution >= 0.6 is 0 Å². The van der Waals surface area contributed by atoms with Crippen LogP contribution in [-0.2, 0) is 22.9 Å². The Morgan fingerprint density at radius 1 is 0.952 bits per heavy atom. The third-order valence-electron chi connectivity index (χ3n) is 3.80. The second-order valence-corrected chi connectivity index (χ2v) is 6.87. The fourth-order valence-corrected chi connectivity index (χ4v) is 3.95. The molecule has 0 fully saturated rings. The molecule has 0 heterocycles. The number of aromatic hydroxyl groups is 1. The smallest absolute Gasteiger partial charge is 0.265 e. The highest BCUT2D eigenvalue weighted by molar-refractivity contribution is 7.92. The summed E-state index contributed by atoms with van der Waals surface area (Å²) in [6, 6.07) is 11.6. The molecule has 0 unspecified atom stereocenters. The number of sulfonamides is 1. The van der Waals surface area contributed by atoms with E-state index in [1.54, 1.807) is 18.2 Å². The van der Waals surface area contributed by atoms with E-state index in [1.807, 2.05) is 12.1 Å². The maximum Gasteiger partial charge on any atom is 0.265 e. The zero-order valence-electron chi connectivity index (χ0n) is 11.5. The van der Waals surface area contributed by atoms with Gasteiger partial charge in [0.2, 0.25) is 0 Å². The molecular formula is C16H17NO3S. The molecule has 110 valence electrons. The zero-order valence-corrected chi connectivity index (χ0v) is 12.4. The number of hydrogen-bond acceptors (Lipinski definition) is 3. The lowest BCUT2D eigenvalue weighted by Gasteiger charge is -2.20. The van der Waals surface area contributed by atoms with Crippen LogP contribution in [0.4, 0.5) is 5.69 Å². The molecule has 0 saturated carbocycles. The Morgan fingerprint density at radius 2 is 1.71 bits per heavy atom. The van der Waals surface area contributed by atoms with Crippen LogP contribution in [0, 0.1) is 0 Å². The van der Waals surface area contributed by atoms with Crippen LogP contribution in [0.25, 0.3) is 0 Å². The molecule has 1 aliphatic rings. The van der Waals surface area contributed by atoms with Crippen molar-refractivity contribution in [3.63, 3.8) is 0 Å². The van der Waals surface area contributed by atoms with Gasteiger partial charge in [0.1, 0.15) is 10.6 Å². The Balaban J connectivity index is 1.99. The summed E-state index contributed by atoms with van der Waals surface area (Å²) in [5, 5.41) is 9.74. The van der Waals surface area contributed by atoms with Crippen LogP contribution in [-0.4, -0.2) is 13.5 Å². The van der Waals surface area contributed by atoms with Crippen molar-refractivity contribution in [3.8, 4) is 5.75 Å². The molecule has 0 aromatic heterocycles. The fraction of sp³-hybridized carbons (Fsp3) is 0.250. The van der Waals surface area contributed by atoms with E-state index in [4.69, 9.17) is 0 Å². The van der Waals surface area contributed by atoms with Gasteiger partial charge in [0.05, 0.1) is 5.69 Å². The highest BCUT2D eigenvalue weighted by Gasteiger charge is 2.21. The van der Waals surface area contributed by atoms with Crippen molar-refractivity contribution in [2.75, 3.05) is 4.72 Å². The number of para-hydroxylation sites is 1. The molecule has 0 saturated heterocycles. The van der Waals surface area contributed by atoms with Gasteiger partial charge in [0.25, 0.3) is 10.0 Å². The minimum Gasteiger partial charge on any atom is -0.507 e. The standard InChI is InChI=1S/C16H17NO3S/c18-15-10-3-4-11-16(15)21(19,20)17-14-9-5-7-12-6-1-2-8-13(12)14/h3-5,7,9-11,17-18H,1-2,6,8H2. The van der Waals surface area contributed by atoms with E-state index in [1.165, 1.54) is 17.7 Å². The summed E-state index contributed by atoms with van der Waals surface area (Å²) >= 11 is 0. The van der Waals surface area contributed by atoms with Crippen molar-refractivity contribution in [2.45, 2.75) is 30.6 Å². The lowest BCUT2D eigenvalue weighted by atomic mass is 9.91. The van der Waals surface area contributed by atoms with E-state index < -0.39 is 10.0 Å². The molecule has 0 aliphatic heterocycles. The molecule has 4 nitrogen and oxygen atoms in total. The molecule has 0 amide bonds. The first-order chi connectivity index (χ1) is 10.1. The molecule has 0 radical (unpaired) electrons. The molecule has 2 aromatic carbocycles. The van der Waals surface area contributed by atoms with Gasteiger partial charge in [-0.05, 0) is 55.0 Å². The summed E-state index contributed by atoms with van der Waals surface area (Å²) in [4.78, 5) is -0.0987. The zero-order chi connectivity index (χ0) is 14.9. The van der Waals surface area contributed by atoms with Gasteiger partial charge in [-0.15, -0.1) is 0 Å². The summed E-state index contributed by atoms with van der Waals surface area (Å²) in [6.45, 7) is 0. The predicted molar refractivity (Wildman–Crippen MR) is 82.0 cm³/mol. The van der Waals surface area contributed by atoms with E-state index >= 15 is 0 Å². The summed E-state index contributed by atoms with van der Waals surface area (Å²) in [7, 11) is -3.78. The Morgan fingerprint density at radius 3 is 2.52 bits per heavy atom. The van der Waals surface area contributed by atoms with Crippen LogP contribution in [0.5, 0.6) is 5.75 Å². The number of fused-ring (bicyclic) bond motifs is 1. The molecule has 0 atom stereocenters. The maximum atomic E-state index is 12.4. The quantitative estimate of drug-likeness (QED) is 0.915. The number of phenolic OH excluding ortho intramolecular Hbond substituents is 1. The fourth-order valence-electron chi connectivity index (χ4n) is 2.76. The van der Waals surface area contributed by atoms with Crippen molar-refractivity contribution in [3.05, 3.63) is 53.6 Å². The second-order valence-electron chi connectivity index (χ2n) is 5.22. The summed E-state index contributed by atoms with van der Waals surface area (Å²) in [5.74, 6) is -0.241. The van der Waals surface area contributed by atoms with E-state index in [-0.39, 0.29) is 10.6 Å².